The highest BCUT2D eigenvalue weighted by Gasteiger charge is 2.33. The Morgan fingerprint density at radius 2 is 2.00 bits per heavy atom. The molecule has 7 heteroatoms. The lowest BCUT2D eigenvalue weighted by atomic mass is 10.0. The number of benzene rings is 1. The zero-order valence-electron chi connectivity index (χ0n) is 16.5. The van der Waals surface area contributed by atoms with Gasteiger partial charge in [-0.15, -0.1) is 0 Å². The monoisotopic (exact) mass is 407 g/mol. The van der Waals surface area contributed by atoms with Crippen molar-refractivity contribution in [3.8, 4) is 5.75 Å². The van der Waals surface area contributed by atoms with Crippen LogP contribution < -0.4 is 4.74 Å². The quantitative estimate of drug-likeness (QED) is 0.689. The summed E-state index contributed by atoms with van der Waals surface area (Å²) in [6, 6.07) is 11.4. The predicted octanol–water partition coefficient (Wildman–Crippen LogP) is 2.83. The van der Waals surface area contributed by atoms with Gasteiger partial charge in [0.2, 0.25) is 0 Å². The Morgan fingerprint density at radius 3 is 2.57 bits per heavy atom. The van der Waals surface area contributed by atoms with Crippen LogP contribution in [0.1, 0.15) is 37.5 Å². The van der Waals surface area contributed by atoms with E-state index in [0.717, 1.165) is 5.76 Å². The molecule has 6 nitrogen and oxygen atoms in total. The Labute approximate surface area is 167 Å². The number of aliphatic hydroxyl groups excluding tert-OH is 1. The van der Waals surface area contributed by atoms with Crippen LogP contribution in [0.2, 0.25) is 0 Å². The number of aliphatic hydroxyl groups is 1. The van der Waals surface area contributed by atoms with Crippen LogP contribution in [0.3, 0.4) is 0 Å². The zero-order valence-corrected chi connectivity index (χ0v) is 17.3. The molecule has 2 heterocycles. The lowest BCUT2D eigenvalue weighted by molar-refractivity contribution is 0.0497. The fourth-order valence-corrected chi connectivity index (χ4v) is 5.24. The van der Waals surface area contributed by atoms with Gasteiger partial charge in [0.05, 0.1) is 24.3 Å². The van der Waals surface area contributed by atoms with Crippen molar-refractivity contribution < 1.29 is 22.7 Å². The van der Waals surface area contributed by atoms with Crippen LogP contribution in [0, 0.1) is 0 Å². The first-order valence-electron chi connectivity index (χ1n) is 9.70. The Bertz CT molecular complexity index is 830. The molecule has 3 rings (SSSR count). The third-order valence-electron chi connectivity index (χ3n) is 5.10. The Morgan fingerprint density at radius 1 is 1.25 bits per heavy atom. The molecule has 2 aromatic rings. The SMILES string of the molecule is CC(C)c1ccc(OCC(O)CN(Cc2ccco2)C2CCS(=O)(=O)C2)cc1. The minimum Gasteiger partial charge on any atom is -0.491 e. The van der Waals surface area contributed by atoms with Crippen LogP contribution in [0.15, 0.2) is 47.1 Å². The van der Waals surface area contributed by atoms with Gasteiger partial charge in [0.1, 0.15) is 24.2 Å². The van der Waals surface area contributed by atoms with Gasteiger partial charge in [-0.3, -0.25) is 4.90 Å². The van der Waals surface area contributed by atoms with E-state index in [9.17, 15) is 13.5 Å². The van der Waals surface area contributed by atoms with Crippen LogP contribution in [-0.4, -0.2) is 55.2 Å². The molecule has 0 bridgehead atoms. The molecule has 1 N–H and O–H groups in total. The molecule has 2 atom stereocenters. The maximum Gasteiger partial charge on any atom is 0.151 e. The van der Waals surface area contributed by atoms with E-state index in [-0.39, 0.29) is 24.2 Å². The largest absolute Gasteiger partial charge is 0.491 e. The number of rotatable bonds is 9. The van der Waals surface area contributed by atoms with Gasteiger partial charge in [0.25, 0.3) is 0 Å². The Balaban J connectivity index is 1.58. The van der Waals surface area contributed by atoms with Crippen molar-refractivity contribution in [3.05, 3.63) is 54.0 Å². The number of hydrogen-bond donors (Lipinski definition) is 1. The summed E-state index contributed by atoms with van der Waals surface area (Å²) >= 11 is 0. The van der Waals surface area contributed by atoms with Gasteiger partial charge in [0, 0.05) is 12.6 Å². The Kier molecular flexibility index (Phi) is 6.80. The summed E-state index contributed by atoms with van der Waals surface area (Å²) < 4.78 is 34.9. The number of nitrogens with zero attached hydrogens (tertiary/aromatic N) is 1. The molecule has 1 aromatic carbocycles. The summed E-state index contributed by atoms with van der Waals surface area (Å²) in [6.45, 7) is 5.21. The highest BCUT2D eigenvalue weighted by molar-refractivity contribution is 7.91. The second kappa shape index (κ2) is 9.11. The third kappa shape index (κ3) is 5.83. The first-order valence-corrected chi connectivity index (χ1v) is 11.5. The van der Waals surface area contributed by atoms with Crippen molar-refractivity contribution in [3.63, 3.8) is 0 Å². The molecule has 28 heavy (non-hydrogen) atoms. The molecule has 1 aliphatic heterocycles. The molecule has 0 spiro atoms. The van der Waals surface area contributed by atoms with Crippen molar-refractivity contribution in [2.24, 2.45) is 0 Å². The highest BCUT2D eigenvalue weighted by atomic mass is 32.2. The van der Waals surface area contributed by atoms with E-state index in [1.807, 2.05) is 35.2 Å². The standard InChI is InChI=1S/C21H29NO5S/c1-16(2)17-5-7-20(8-6-17)27-14-19(23)12-22(13-21-4-3-10-26-21)18-9-11-28(24,25)15-18/h3-8,10,16,18-19,23H,9,11-15H2,1-2H3. The molecule has 1 aromatic heterocycles. The van der Waals surface area contributed by atoms with E-state index < -0.39 is 15.9 Å². The molecule has 1 aliphatic rings. The summed E-state index contributed by atoms with van der Waals surface area (Å²) in [4.78, 5) is 1.99. The van der Waals surface area contributed by atoms with Crippen LogP contribution in [0.25, 0.3) is 0 Å². The summed E-state index contributed by atoms with van der Waals surface area (Å²) in [5.41, 5.74) is 1.24. The van der Waals surface area contributed by atoms with Crippen molar-refractivity contribution in [1.82, 2.24) is 4.90 Å². The van der Waals surface area contributed by atoms with Crippen molar-refractivity contribution in [2.75, 3.05) is 24.7 Å². The second-order valence-electron chi connectivity index (χ2n) is 7.75. The van der Waals surface area contributed by atoms with Crippen molar-refractivity contribution >= 4 is 9.84 Å². The molecule has 0 amide bonds. The van der Waals surface area contributed by atoms with Crippen LogP contribution in [-0.2, 0) is 16.4 Å². The van der Waals surface area contributed by atoms with Crippen molar-refractivity contribution in [2.45, 2.75) is 44.9 Å². The summed E-state index contributed by atoms with van der Waals surface area (Å²) in [5, 5.41) is 10.5. The van der Waals surface area contributed by atoms with E-state index in [1.54, 1.807) is 12.3 Å². The van der Waals surface area contributed by atoms with Gasteiger partial charge < -0.3 is 14.3 Å². The maximum absolute atomic E-state index is 11.9. The van der Waals surface area contributed by atoms with Crippen LogP contribution in [0.4, 0.5) is 0 Å². The van der Waals surface area contributed by atoms with Crippen LogP contribution in [0.5, 0.6) is 5.75 Å². The summed E-state index contributed by atoms with van der Waals surface area (Å²) in [5.74, 6) is 2.24. The van der Waals surface area contributed by atoms with E-state index >= 15 is 0 Å². The van der Waals surface area contributed by atoms with E-state index in [1.165, 1.54) is 5.56 Å². The normalized spacial score (nSPS) is 20.0. The topological polar surface area (TPSA) is 80.0 Å². The average molecular weight is 408 g/mol. The number of sulfone groups is 1. The molecule has 0 saturated carbocycles. The number of ether oxygens (including phenoxy) is 1. The predicted molar refractivity (Wildman–Crippen MR) is 108 cm³/mol. The molecule has 154 valence electrons. The fraction of sp³-hybridized carbons (Fsp3) is 0.524. The van der Waals surface area contributed by atoms with Gasteiger partial charge in [-0.05, 0) is 42.2 Å². The molecule has 0 aliphatic carbocycles. The van der Waals surface area contributed by atoms with E-state index in [0.29, 0.717) is 31.2 Å². The van der Waals surface area contributed by atoms with Crippen LogP contribution >= 0.6 is 0 Å². The van der Waals surface area contributed by atoms with Gasteiger partial charge in [-0.1, -0.05) is 26.0 Å². The lowest BCUT2D eigenvalue weighted by Gasteiger charge is -2.29. The maximum atomic E-state index is 11.9. The van der Waals surface area contributed by atoms with Gasteiger partial charge >= 0.3 is 0 Å². The average Bonchev–Trinajstić information content (AvgIpc) is 3.29. The first kappa shape index (κ1) is 20.9. The molecule has 1 saturated heterocycles. The minimum absolute atomic E-state index is 0.116. The smallest absolute Gasteiger partial charge is 0.151 e. The lowest BCUT2D eigenvalue weighted by Crippen LogP contribution is -2.42. The molecular formula is C21H29NO5S. The van der Waals surface area contributed by atoms with E-state index in [4.69, 9.17) is 9.15 Å². The minimum atomic E-state index is -3.01. The fourth-order valence-electron chi connectivity index (χ4n) is 3.47. The van der Waals surface area contributed by atoms with Gasteiger partial charge in [0.15, 0.2) is 9.84 Å². The van der Waals surface area contributed by atoms with Crippen molar-refractivity contribution in [1.29, 1.82) is 0 Å². The molecule has 0 radical (unpaired) electrons. The van der Waals surface area contributed by atoms with Gasteiger partial charge in [-0.2, -0.15) is 0 Å². The summed E-state index contributed by atoms with van der Waals surface area (Å²) in [7, 11) is -3.01. The highest BCUT2D eigenvalue weighted by Crippen LogP contribution is 2.22. The Hall–Kier alpha value is -1.83. The number of hydrogen-bond acceptors (Lipinski definition) is 6. The first-order chi connectivity index (χ1) is 13.3. The zero-order chi connectivity index (χ0) is 20.1. The van der Waals surface area contributed by atoms with E-state index in [2.05, 4.69) is 13.8 Å². The molecule has 2 unspecified atom stereocenters. The third-order valence-corrected chi connectivity index (χ3v) is 6.85. The molecular weight excluding hydrogens is 378 g/mol. The summed E-state index contributed by atoms with van der Waals surface area (Å²) in [6.07, 6.45) is 1.44. The second-order valence-corrected chi connectivity index (χ2v) is 9.98. The number of furan rings is 1. The molecule has 1 fully saturated rings. The van der Waals surface area contributed by atoms with Gasteiger partial charge in [-0.25, -0.2) is 8.42 Å².